The molecule has 1 heterocycles. The van der Waals surface area contributed by atoms with E-state index in [0.717, 1.165) is 25.7 Å². The molecule has 0 radical (unpaired) electrons. The second-order valence-corrected chi connectivity index (χ2v) is 5.74. The Morgan fingerprint density at radius 3 is 2.78 bits per heavy atom. The molecule has 1 aromatic heterocycles. The molecule has 2 aromatic rings. The van der Waals surface area contributed by atoms with Gasteiger partial charge in [-0.2, -0.15) is 0 Å². The van der Waals surface area contributed by atoms with Crippen molar-refractivity contribution in [1.82, 2.24) is 15.0 Å². The molecule has 0 bridgehead atoms. The standard InChI is InChI=1S/C16H19FN4O2/c17-13-9-5-4-6-11(13)10-21-15(18)14(19-20-21)16(22)23-12-7-2-1-3-8-12/h4-6,9,12H,1-3,7-8,10,18H2. The number of carbonyl (C=O) groups excluding carboxylic acids is 1. The summed E-state index contributed by atoms with van der Waals surface area (Å²) in [5.41, 5.74) is 6.34. The number of nitrogen functional groups attached to an aromatic ring is 1. The number of ether oxygens (including phenoxy) is 1. The molecule has 1 aromatic carbocycles. The minimum atomic E-state index is -0.561. The second kappa shape index (κ2) is 6.76. The van der Waals surface area contributed by atoms with Gasteiger partial charge in [0.15, 0.2) is 5.82 Å². The summed E-state index contributed by atoms with van der Waals surface area (Å²) in [6.07, 6.45) is 4.96. The lowest BCUT2D eigenvalue weighted by Gasteiger charge is -2.21. The fraction of sp³-hybridized carbons (Fsp3) is 0.438. The molecule has 0 amide bonds. The van der Waals surface area contributed by atoms with E-state index in [0.29, 0.717) is 5.56 Å². The summed E-state index contributed by atoms with van der Waals surface area (Å²) in [6.45, 7) is 0.113. The van der Waals surface area contributed by atoms with Crippen molar-refractivity contribution in [3.8, 4) is 0 Å². The van der Waals surface area contributed by atoms with E-state index < -0.39 is 5.97 Å². The predicted octanol–water partition coefficient (Wildman–Crippen LogP) is 2.54. The van der Waals surface area contributed by atoms with Crippen LogP contribution in [0.3, 0.4) is 0 Å². The van der Waals surface area contributed by atoms with Crippen LogP contribution in [0.4, 0.5) is 10.2 Å². The summed E-state index contributed by atoms with van der Waals surface area (Å²) in [5, 5.41) is 7.64. The zero-order chi connectivity index (χ0) is 16.2. The first-order valence-corrected chi connectivity index (χ1v) is 7.78. The first-order chi connectivity index (χ1) is 11.1. The van der Waals surface area contributed by atoms with Gasteiger partial charge in [0.2, 0.25) is 5.69 Å². The maximum atomic E-state index is 13.7. The number of benzene rings is 1. The van der Waals surface area contributed by atoms with Gasteiger partial charge in [0.25, 0.3) is 0 Å². The van der Waals surface area contributed by atoms with Crippen LogP contribution in [0.5, 0.6) is 0 Å². The highest BCUT2D eigenvalue weighted by atomic mass is 19.1. The Hall–Kier alpha value is -2.44. The third kappa shape index (κ3) is 3.49. The van der Waals surface area contributed by atoms with Gasteiger partial charge in [-0.3, -0.25) is 0 Å². The van der Waals surface area contributed by atoms with E-state index in [1.165, 1.54) is 17.2 Å². The molecule has 0 atom stereocenters. The molecule has 0 spiro atoms. The first-order valence-electron chi connectivity index (χ1n) is 7.78. The molecule has 2 N–H and O–H groups in total. The van der Waals surface area contributed by atoms with Gasteiger partial charge in [-0.15, -0.1) is 5.10 Å². The minimum absolute atomic E-state index is 0.00749. The average molecular weight is 318 g/mol. The molecule has 1 saturated carbocycles. The van der Waals surface area contributed by atoms with Crippen molar-refractivity contribution in [3.05, 3.63) is 41.3 Å². The van der Waals surface area contributed by atoms with Gasteiger partial charge in [0.05, 0.1) is 6.54 Å². The highest BCUT2D eigenvalue weighted by molar-refractivity contribution is 5.91. The summed E-state index contributed by atoms with van der Waals surface area (Å²) in [7, 11) is 0. The smallest absolute Gasteiger partial charge is 0.363 e. The summed E-state index contributed by atoms with van der Waals surface area (Å²) in [5.74, 6) is -0.822. The van der Waals surface area contributed by atoms with Crippen LogP contribution in [0, 0.1) is 5.82 Å². The number of esters is 1. The lowest BCUT2D eigenvalue weighted by molar-refractivity contribution is 0.0205. The van der Waals surface area contributed by atoms with E-state index in [2.05, 4.69) is 10.3 Å². The molecule has 1 aliphatic rings. The van der Waals surface area contributed by atoms with E-state index in [9.17, 15) is 9.18 Å². The Bertz CT molecular complexity index is 695. The van der Waals surface area contributed by atoms with Gasteiger partial charge >= 0.3 is 5.97 Å². The number of nitrogens with two attached hydrogens (primary N) is 1. The molecular formula is C16H19FN4O2. The van der Waals surface area contributed by atoms with Gasteiger partial charge < -0.3 is 10.5 Å². The number of aromatic nitrogens is 3. The zero-order valence-corrected chi connectivity index (χ0v) is 12.7. The highest BCUT2D eigenvalue weighted by Gasteiger charge is 2.24. The Kier molecular flexibility index (Phi) is 4.55. The van der Waals surface area contributed by atoms with E-state index in [1.54, 1.807) is 18.2 Å². The van der Waals surface area contributed by atoms with Crippen molar-refractivity contribution in [2.75, 3.05) is 5.73 Å². The van der Waals surface area contributed by atoms with E-state index in [1.807, 2.05) is 0 Å². The number of hydrogen-bond donors (Lipinski definition) is 1. The fourth-order valence-corrected chi connectivity index (χ4v) is 2.76. The van der Waals surface area contributed by atoms with Crippen LogP contribution < -0.4 is 5.73 Å². The van der Waals surface area contributed by atoms with Crippen LogP contribution in [0.25, 0.3) is 0 Å². The number of nitrogens with zero attached hydrogens (tertiary/aromatic N) is 3. The maximum Gasteiger partial charge on any atom is 0.363 e. The molecule has 122 valence electrons. The lowest BCUT2D eigenvalue weighted by Crippen LogP contribution is -2.22. The average Bonchev–Trinajstić information content (AvgIpc) is 2.92. The molecule has 0 aliphatic heterocycles. The van der Waals surface area contributed by atoms with Crippen LogP contribution in [-0.2, 0) is 11.3 Å². The number of carbonyl (C=O) groups is 1. The van der Waals surface area contributed by atoms with E-state index >= 15 is 0 Å². The largest absolute Gasteiger partial charge is 0.458 e. The number of rotatable bonds is 4. The summed E-state index contributed by atoms with van der Waals surface area (Å²) in [4.78, 5) is 12.2. The first kappa shape index (κ1) is 15.5. The molecule has 0 saturated heterocycles. The molecule has 23 heavy (non-hydrogen) atoms. The van der Waals surface area contributed by atoms with Crippen molar-refractivity contribution < 1.29 is 13.9 Å². The van der Waals surface area contributed by atoms with Crippen molar-refractivity contribution in [2.24, 2.45) is 0 Å². The van der Waals surface area contributed by atoms with Gasteiger partial charge in [0.1, 0.15) is 11.9 Å². The van der Waals surface area contributed by atoms with Crippen LogP contribution in [0.15, 0.2) is 24.3 Å². The molecule has 0 unspecified atom stereocenters. The summed E-state index contributed by atoms with van der Waals surface area (Å²) in [6, 6.07) is 6.33. The Morgan fingerprint density at radius 2 is 2.04 bits per heavy atom. The zero-order valence-electron chi connectivity index (χ0n) is 12.7. The van der Waals surface area contributed by atoms with Gasteiger partial charge in [-0.05, 0) is 31.7 Å². The third-order valence-electron chi connectivity index (χ3n) is 4.07. The molecule has 3 rings (SSSR count). The van der Waals surface area contributed by atoms with Crippen molar-refractivity contribution in [3.63, 3.8) is 0 Å². The quantitative estimate of drug-likeness (QED) is 0.876. The molecule has 6 nitrogen and oxygen atoms in total. The minimum Gasteiger partial charge on any atom is -0.458 e. The topological polar surface area (TPSA) is 83.0 Å². The van der Waals surface area contributed by atoms with Crippen LogP contribution in [-0.4, -0.2) is 27.1 Å². The molecule has 7 heteroatoms. The van der Waals surface area contributed by atoms with Gasteiger partial charge in [0, 0.05) is 5.56 Å². The van der Waals surface area contributed by atoms with Gasteiger partial charge in [-0.1, -0.05) is 29.8 Å². The van der Waals surface area contributed by atoms with Crippen LogP contribution in [0.1, 0.15) is 48.2 Å². The van der Waals surface area contributed by atoms with Crippen LogP contribution in [0.2, 0.25) is 0 Å². The van der Waals surface area contributed by atoms with E-state index in [4.69, 9.17) is 10.5 Å². The van der Waals surface area contributed by atoms with E-state index in [-0.39, 0.29) is 30.0 Å². The Morgan fingerprint density at radius 1 is 1.30 bits per heavy atom. The predicted molar refractivity (Wildman–Crippen MR) is 82.2 cm³/mol. The van der Waals surface area contributed by atoms with Crippen LogP contribution >= 0.6 is 0 Å². The second-order valence-electron chi connectivity index (χ2n) is 5.74. The molecule has 1 aliphatic carbocycles. The van der Waals surface area contributed by atoms with Crippen molar-refractivity contribution >= 4 is 11.8 Å². The van der Waals surface area contributed by atoms with Crippen molar-refractivity contribution in [1.29, 1.82) is 0 Å². The van der Waals surface area contributed by atoms with Crippen molar-refractivity contribution in [2.45, 2.75) is 44.8 Å². The Labute approximate surface area is 133 Å². The highest BCUT2D eigenvalue weighted by Crippen LogP contribution is 2.22. The Balaban J connectivity index is 1.71. The van der Waals surface area contributed by atoms with Gasteiger partial charge in [-0.25, -0.2) is 13.9 Å². The summed E-state index contributed by atoms with van der Waals surface area (Å²) >= 11 is 0. The lowest BCUT2D eigenvalue weighted by atomic mass is 9.98. The number of halogens is 1. The summed E-state index contributed by atoms with van der Waals surface area (Å²) < 4.78 is 20.4. The molecule has 1 fully saturated rings. The fourth-order valence-electron chi connectivity index (χ4n) is 2.76. The maximum absolute atomic E-state index is 13.7. The number of anilines is 1. The monoisotopic (exact) mass is 318 g/mol. The SMILES string of the molecule is Nc1c(C(=O)OC2CCCCC2)nnn1Cc1ccccc1F. The number of hydrogen-bond acceptors (Lipinski definition) is 5. The normalized spacial score (nSPS) is 15.5. The molecular weight excluding hydrogens is 299 g/mol. The third-order valence-corrected chi connectivity index (χ3v) is 4.07.